The van der Waals surface area contributed by atoms with Crippen LogP contribution in [-0.4, -0.2) is 29.8 Å². The summed E-state index contributed by atoms with van der Waals surface area (Å²) in [6.07, 6.45) is 1.21. The first-order valence-electron chi connectivity index (χ1n) is 2.69. The van der Waals surface area contributed by atoms with E-state index in [1.807, 2.05) is 0 Å². The highest BCUT2D eigenvalue weighted by molar-refractivity contribution is 6.40. The van der Waals surface area contributed by atoms with Gasteiger partial charge in [0.1, 0.15) is 0 Å². The zero-order chi connectivity index (χ0) is 7.11. The molecule has 0 aromatic carbocycles. The smallest absolute Gasteiger partial charge is 0.0967 e. The topological polar surface area (TPSA) is 29.5 Å². The van der Waals surface area contributed by atoms with Crippen molar-refractivity contribution in [2.45, 2.75) is 12.5 Å². The fourth-order valence-electron chi connectivity index (χ4n) is 0.429. The molecule has 0 aliphatic carbocycles. The average Bonchev–Trinajstić information content (AvgIpc) is 1.64. The van der Waals surface area contributed by atoms with Gasteiger partial charge in [0.2, 0.25) is 0 Å². The van der Waals surface area contributed by atoms with E-state index in [1.165, 1.54) is 0 Å². The van der Waals surface area contributed by atoms with Crippen LogP contribution < -0.4 is 0 Å². The van der Waals surface area contributed by atoms with Crippen LogP contribution in [0.15, 0.2) is 0 Å². The molecule has 1 fully saturated rings. The van der Waals surface area contributed by atoms with Crippen LogP contribution in [0.5, 0.6) is 0 Å². The Bertz CT molecular complexity index is 54.2. The van der Waals surface area contributed by atoms with Crippen LogP contribution in [0.4, 0.5) is 0 Å². The van der Waals surface area contributed by atoms with E-state index in [9.17, 15) is 0 Å². The predicted octanol–water partition coefficient (Wildman–Crippen LogP) is 1.19. The molecule has 1 aliphatic rings. The molecule has 1 atom stereocenters. The molecule has 0 aromatic rings. The number of rotatable bonds is 1. The molecular formula is C5H10Cl2O2. The summed E-state index contributed by atoms with van der Waals surface area (Å²) in [5.41, 5.74) is 0. The minimum Gasteiger partial charge on any atom is -0.394 e. The molecule has 4 heteroatoms. The Morgan fingerprint density at radius 1 is 1.56 bits per heavy atom. The lowest BCUT2D eigenvalue weighted by Gasteiger charge is -2.23. The van der Waals surface area contributed by atoms with E-state index < -0.39 is 0 Å². The van der Waals surface area contributed by atoms with Crippen molar-refractivity contribution in [2.24, 2.45) is 0 Å². The van der Waals surface area contributed by atoms with Crippen molar-refractivity contribution in [1.29, 1.82) is 0 Å². The zero-order valence-corrected chi connectivity index (χ0v) is 6.53. The van der Waals surface area contributed by atoms with Crippen molar-refractivity contribution in [1.82, 2.24) is 0 Å². The molecule has 1 heterocycles. The van der Waals surface area contributed by atoms with Crippen LogP contribution in [0.3, 0.4) is 0 Å². The normalized spacial score (nSPS) is 23.7. The zero-order valence-electron chi connectivity index (χ0n) is 5.02. The van der Waals surface area contributed by atoms with Gasteiger partial charge in [0, 0.05) is 6.61 Å². The summed E-state index contributed by atoms with van der Waals surface area (Å²) >= 11 is 9.53. The summed E-state index contributed by atoms with van der Waals surface area (Å²) in [5, 5.41) is 8.46. The summed E-state index contributed by atoms with van der Waals surface area (Å²) in [7, 11) is 0. The van der Waals surface area contributed by atoms with Crippen LogP contribution in [0.1, 0.15) is 6.42 Å². The highest BCUT2D eigenvalue weighted by atomic mass is 35.5. The molecule has 0 amide bonds. The molecular weight excluding hydrogens is 163 g/mol. The number of hydrogen-bond acceptors (Lipinski definition) is 2. The molecule has 0 spiro atoms. The number of ether oxygens (including phenoxy) is 1. The first kappa shape index (κ1) is 9.50. The highest BCUT2D eigenvalue weighted by Crippen LogP contribution is 2.07. The Morgan fingerprint density at radius 3 is 2.00 bits per heavy atom. The van der Waals surface area contributed by atoms with Gasteiger partial charge in [0.25, 0.3) is 0 Å². The van der Waals surface area contributed by atoms with Crippen molar-refractivity contribution in [3.05, 3.63) is 0 Å². The van der Waals surface area contributed by atoms with Crippen LogP contribution in [-0.2, 0) is 4.74 Å². The van der Waals surface area contributed by atoms with Crippen molar-refractivity contribution >= 4 is 23.2 Å². The van der Waals surface area contributed by atoms with Gasteiger partial charge in [0.15, 0.2) is 0 Å². The van der Waals surface area contributed by atoms with Gasteiger partial charge < -0.3 is 9.84 Å². The molecule has 1 rings (SSSR count). The molecule has 0 saturated carbocycles. The Kier molecular flexibility index (Phi) is 6.99. The van der Waals surface area contributed by atoms with Crippen LogP contribution >= 0.6 is 23.2 Å². The van der Waals surface area contributed by atoms with E-state index in [0.717, 1.165) is 13.0 Å². The van der Waals surface area contributed by atoms with E-state index in [4.69, 9.17) is 33.0 Å². The first-order chi connectivity index (χ1) is 4.35. The van der Waals surface area contributed by atoms with Crippen molar-refractivity contribution in [3.63, 3.8) is 0 Å². The Hall–Kier alpha value is 0.500. The molecule has 9 heavy (non-hydrogen) atoms. The van der Waals surface area contributed by atoms with Gasteiger partial charge in [-0.05, 0) is 6.42 Å². The van der Waals surface area contributed by atoms with Crippen molar-refractivity contribution in [2.75, 3.05) is 18.6 Å². The number of alkyl halides is 2. The summed E-state index contributed by atoms with van der Waals surface area (Å²) in [6, 6.07) is 0. The third-order valence-corrected chi connectivity index (χ3v) is 0.997. The maximum absolute atomic E-state index is 8.26. The van der Waals surface area contributed by atoms with Gasteiger partial charge in [-0.3, -0.25) is 0 Å². The quantitative estimate of drug-likeness (QED) is 0.603. The largest absolute Gasteiger partial charge is 0.394 e. The fourth-order valence-corrected chi connectivity index (χ4v) is 0.429. The third kappa shape index (κ3) is 4.97. The lowest BCUT2D eigenvalue weighted by molar-refractivity contribution is -0.0773. The number of aliphatic hydroxyl groups is 1. The second-order valence-electron chi connectivity index (χ2n) is 1.57. The van der Waals surface area contributed by atoms with E-state index >= 15 is 0 Å². The average molecular weight is 173 g/mol. The maximum Gasteiger partial charge on any atom is 0.0967 e. The van der Waals surface area contributed by atoms with E-state index in [1.54, 1.807) is 0 Å². The van der Waals surface area contributed by atoms with Crippen LogP contribution in [0, 0.1) is 0 Å². The Balaban J connectivity index is 0.000000187. The summed E-state index contributed by atoms with van der Waals surface area (Å²) < 4.78 is 4.83. The molecule has 0 radical (unpaired) electrons. The molecule has 0 unspecified atom stereocenters. The van der Waals surface area contributed by atoms with E-state index in [0.29, 0.717) is 0 Å². The number of halogens is 2. The lowest BCUT2D eigenvalue weighted by Crippen LogP contribution is -2.29. The van der Waals surface area contributed by atoms with Gasteiger partial charge in [-0.15, -0.1) is 23.2 Å². The first-order valence-corrected chi connectivity index (χ1v) is 3.76. The third-order valence-electron chi connectivity index (χ3n) is 0.997. The molecule has 1 N–H and O–H groups in total. The van der Waals surface area contributed by atoms with E-state index in [-0.39, 0.29) is 18.1 Å². The number of aliphatic hydroxyl groups excluding tert-OH is 1. The minimum atomic E-state index is 0.171. The molecule has 0 aromatic heterocycles. The Morgan fingerprint density at radius 2 is 2.00 bits per heavy atom. The van der Waals surface area contributed by atoms with Crippen LogP contribution in [0.25, 0.3) is 0 Å². The fraction of sp³-hybridized carbons (Fsp3) is 1.00. The van der Waals surface area contributed by atoms with Crippen molar-refractivity contribution in [3.8, 4) is 0 Å². The summed E-state index contributed by atoms with van der Waals surface area (Å²) in [4.78, 5) is 0. The maximum atomic E-state index is 8.26. The van der Waals surface area contributed by atoms with Gasteiger partial charge in [-0.1, -0.05) is 0 Å². The molecule has 2 nitrogen and oxygen atoms in total. The highest BCUT2D eigenvalue weighted by Gasteiger charge is 2.15. The Labute approximate surface area is 64.7 Å². The van der Waals surface area contributed by atoms with Gasteiger partial charge in [-0.25, -0.2) is 0 Å². The van der Waals surface area contributed by atoms with Crippen molar-refractivity contribution < 1.29 is 9.84 Å². The van der Waals surface area contributed by atoms with E-state index in [2.05, 4.69) is 0 Å². The summed E-state index contributed by atoms with van der Waals surface area (Å²) in [5.74, 6) is 0. The standard InChI is InChI=1S/C4H8O2.CH2Cl2/c5-3-4-1-2-6-4;2-1-3/h4-5H,1-3H2;1H2/t4-;/m1./s1. The molecule has 1 aliphatic heterocycles. The minimum absolute atomic E-state index is 0.171. The molecule has 56 valence electrons. The monoisotopic (exact) mass is 172 g/mol. The summed E-state index contributed by atoms with van der Waals surface area (Å²) in [6.45, 7) is 1.03. The second-order valence-corrected chi connectivity index (χ2v) is 2.37. The molecule has 0 bridgehead atoms. The van der Waals surface area contributed by atoms with Gasteiger partial charge >= 0.3 is 0 Å². The van der Waals surface area contributed by atoms with Crippen LogP contribution in [0.2, 0.25) is 0 Å². The number of hydrogen-bond donors (Lipinski definition) is 1. The second kappa shape index (κ2) is 6.62. The molecule has 1 saturated heterocycles. The SMILES string of the molecule is ClCCl.OC[C@H]1CCO1. The lowest BCUT2D eigenvalue weighted by atomic mass is 10.2. The predicted molar refractivity (Wildman–Crippen MR) is 38.0 cm³/mol. The van der Waals surface area contributed by atoms with Gasteiger partial charge in [-0.2, -0.15) is 0 Å². The van der Waals surface area contributed by atoms with Gasteiger partial charge in [0.05, 0.1) is 18.1 Å².